The largest absolute Gasteiger partial charge is 0.337 e. The number of hydrogen-bond donors (Lipinski definition) is 0. The standard InChI is InChI=1S/C11H16ClN3O/c1-14-8-13-6-10(14)11(16)15-5-3-9(7-15)2-4-12/h6,8-9H,2-5,7H2,1H3. The van der Waals surface area contributed by atoms with Crippen molar-refractivity contribution in [3.63, 3.8) is 0 Å². The second-order valence-electron chi connectivity index (χ2n) is 4.27. The average molecular weight is 242 g/mol. The van der Waals surface area contributed by atoms with Crippen molar-refractivity contribution in [2.45, 2.75) is 12.8 Å². The maximum absolute atomic E-state index is 12.1. The Balaban J connectivity index is 2.00. The van der Waals surface area contributed by atoms with E-state index in [0.29, 0.717) is 17.5 Å². The number of nitrogens with zero attached hydrogens (tertiary/aromatic N) is 3. The fourth-order valence-electron chi connectivity index (χ4n) is 2.13. The molecule has 0 bridgehead atoms. The summed E-state index contributed by atoms with van der Waals surface area (Å²) in [7, 11) is 1.84. The maximum atomic E-state index is 12.1. The van der Waals surface area contributed by atoms with Crippen molar-refractivity contribution in [3.05, 3.63) is 18.2 Å². The number of likely N-dealkylation sites (tertiary alicyclic amines) is 1. The van der Waals surface area contributed by atoms with Gasteiger partial charge in [-0.1, -0.05) is 0 Å². The Kier molecular flexibility index (Phi) is 3.49. The van der Waals surface area contributed by atoms with E-state index >= 15 is 0 Å². The minimum atomic E-state index is 0.0806. The molecular formula is C11H16ClN3O. The SMILES string of the molecule is Cn1cncc1C(=O)N1CCC(CCCl)C1. The molecule has 1 aliphatic rings. The van der Waals surface area contributed by atoms with E-state index in [4.69, 9.17) is 11.6 Å². The van der Waals surface area contributed by atoms with Crippen LogP contribution in [0.2, 0.25) is 0 Å². The van der Waals surface area contributed by atoms with Crippen molar-refractivity contribution < 1.29 is 4.79 Å². The maximum Gasteiger partial charge on any atom is 0.272 e. The number of halogens is 1. The molecular weight excluding hydrogens is 226 g/mol. The lowest BCUT2D eigenvalue weighted by Crippen LogP contribution is -2.30. The topological polar surface area (TPSA) is 38.1 Å². The molecule has 1 aromatic heterocycles. The van der Waals surface area contributed by atoms with Crippen LogP contribution in [0.15, 0.2) is 12.5 Å². The summed E-state index contributed by atoms with van der Waals surface area (Å²) in [5, 5.41) is 0. The van der Waals surface area contributed by atoms with Crippen LogP contribution >= 0.6 is 11.6 Å². The molecule has 0 N–H and O–H groups in total. The van der Waals surface area contributed by atoms with Crippen molar-refractivity contribution in [1.82, 2.24) is 14.5 Å². The first kappa shape index (κ1) is 11.5. The lowest BCUT2D eigenvalue weighted by molar-refractivity contribution is 0.0777. The molecule has 1 unspecified atom stereocenters. The molecule has 0 aliphatic carbocycles. The predicted molar refractivity (Wildman–Crippen MR) is 62.6 cm³/mol. The summed E-state index contributed by atoms with van der Waals surface area (Å²) in [5.41, 5.74) is 0.659. The van der Waals surface area contributed by atoms with Crippen LogP contribution in [0.4, 0.5) is 0 Å². The van der Waals surface area contributed by atoms with E-state index in [9.17, 15) is 4.79 Å². The zero-order chi connectivity index (χ0) is 11.5. The van der Waals surface area contributed by atoms with Gasteiger partial charge in [-0.05, 0) is 18.8 Å². The van der Waals surface area contributed by atoms with Gasteiger partial charge in [0.15, 0.2) is 0 Å². The fourth-order valence-corrected chi connectivity index (χ4v) is 2.44. The van der Waals surface area contributed by atoms with Crippen molar-refractivity contribution in [1.29, 1.82) is 0 Å². The van der Waals surface area contributed by atoms with E-state index in [2.05, 4.69) is 4.98 Å². The second-order valence-corrected chi connectivity index (χ2v) is 4.65. The zero-order valence-electron chi connectivity index (χ0n) is 9.40. The second kappa shape index (κ2) is 4.87. The quantitative estimate of drug-likeness (QED) is 0.753. The highest BCUT2D eigenvalue weighted by atomic mass is 35.5. The Morgan fingerprint density at radius 1 is 1.69 bits per heavy atom. The van der Waals surface area contributed by atoms with Crippen LogP contribution in [0.1, 0.15) is 23.3 Å². The van der Waals surface area contributed by atoms with E-state index in [1.807, 2.05) is 11.9 Å². The van der Waals surface area contributed by atoms with Gasteiger partial charge < -0.3 is 9.47 Å². The molecule has 2 heterocycles. The summed E-state index contributed by atoms with van der Waals surface area (Å²) in [4.78, 5) is 18.0. The lowest BCUT2D eigenvalue weighted by atomic mass is 10.1. The summed E-state index contributed by atoms with van der Waals surface area (Å²) < 4.78 is 1.76. The van der Waals surface area contributed by atoms with Gasteiger partial charge in [0.2, 0.25) is 0 Å². The number of hydrogen-bond acceptors (Lipinski definition) is 2. The van der Waals surface area contributed by atoms with Crippen LogP contribution < -0.4 is 0 Å². The molecule has 0 spiro atoms. The van der Waals surface area contributed by atoms with Crippen molar-refractivity contribution in [2.24, 2.45) is 13.0 Å². The van der Waals surface area contributed by atoms with Gasteiger partial charge in [-0.2, -0.15) is 0 Å². The van der Waals surface area contributed by atoms with Crippen LogP contribution in [0.3, 0.4) is 0 Å². The minimum absolute atomic E-state index is 0.0806. The van der Waals surface area contributed by atoms with Crippen molar-refractivity contribution in [3.8, 4) is 0 Å². The highest BCUT2D eigenvalue weighted by molar-refractivity contribution is 6.17. The summed E-state index contributed by atoms with van der Waals surface area (Å²) in [6.07, 6.45) is 5.34. The van der Waals surface area contributed by atoms with Crippen LogP contribution in [0.5, 0.6) is 0 Å². The van der Waals surface area contributed by atoms with Gasteiger partial charge in [-0.25, -0.2) is 4.98 Å². The molecule has 88 valence electrons. The van der Waals surface area contributed by atoms with E-state index < -0.39 is 0 Å². The number of carbonyl (C=O) groups excluding carboxylic acids is 1. The number of amides is 1. The summed E-state index contributed by atoms with van der Waals surface area (Å²) >= 11 is 5.72. The van der Waals surface area contributed by atoms with Crippen molar-refractivity contribution >= 4 is 17.5 Å². The third-order valence-corrected chi connectivity index (χ3v) is 3.34. The molecule has 1 fully saturated rings. The van der Waals surface area contributed by atoms with E-state index in [0.717, 1.165) is 25.9 Å². The fraction of sp³-hybridized carbons (Fsp3) is 0.636. The van der Waals surface area contributed by atoms with Crippen LogP contribution in [0, 0.1) is 5.92 Å². The molecule has 0 aromatic carbocycles. The van der Waals surface area contributed by atoms with Gasteiger partial charge in [0, 0.05) is 26.0 Å². The normalized spacial score (nSPS) is 20.4. The Labute approximate surface area is 100 Å². The molecule has 4 nitrogen and oxygen atoms in total. The van der Waals surface area contributed by atoms with E-state index in [-0.39, 0.29) is 5.91 Å². The molecule has 1 saturated heterocycles. The van der Waals surface area contributed by atoms with Crippen LogP contribution in [-0.4, -0.2) is 39.3 Å². The number of aryl methyl sites for hydroxylation is 1. The monoisotopic (exact) mass is 241 g/mol. The highest BCUT2D eigenvalue weighted by Crippen LogP contribution is 2.21. The summed E-state index contributed by atoms with van der Waals surface area (Å²) in [6, 6.07) is 0. The van der Waals surface area contributed by atoms with E-state index in [1.54, 1.807) is 17.1 Å². The first-order valence-corrected chi connectivity index (χ1v) is 6.07. The Morgan fingerprint density at radius 2 is 2.50 bits per heavy atom. The number of aromatic nitrogens is 2. The highest BCUT2D eigenvalue weighted by Gasteiger charge is 2.27. The van der Waals surface area contributed by atoms with Gasteiger partial charge in [-0.15, -0.1) is 11.6 Å². The number of imidazole rings is 1. The number of alkyl halides is 1. The molecule has 1 aromatic rings. The Bertz CT molecular complexity index is 377. The molecule has 2 rings (SSSR count). The van der Waals surface area contributed by atoms with Crippen LogP contribution in [-0.2, 0) is 7.05 Å². The van der Waals surface area contributed by atoms with Crippen molar-refractivity contribution in [2.75, 3.05) is 19.0 Å². The third kappa shape index (κ3) is 2.21. The van der Waals surface area contributed by atoms with E-state index in [1.165, 1.54) is 0 Å². The Hall–Kier alpha value is -1.03. The van der Waals surface area contributed by atoms with Crippen LogP contribution in [0.25, 0.3) is 0 Å². The molecule has 5 heteroatoms. The minimum Gasteiger partial charge on any atom is -0.337 e. The Morgan fingerprint density at radius 3 is 3.12 bits per heavy atom. The van der Waals surface area contributed by atoms with Gasteiger partial charge in [0.05, 0.1) is 12.5 Å². The molecule has 1 amide bonds. The average Bonchev–Trinajstić information content (AvgIpc) is 2.87. The predicted octanol–water partition coefficient (Wildman–Crippen LogP) is 1.51. The van der Waals surface area contributed by atoms with Gasteiger partial charge in [0.25, 0.3) is 5.91 Å². The zero-order valence-corrected chi connectivity index (χ0v) is 10.2. The molecule has 1 aliphatic heterocycles. The first-order chi connectivity index (χ1) is 7.72. The lowest BCUT2D eigenvalue weighted by Gasteiger charge is -2.16. The number of rotatable bonds is 3. The first-order valence-electron chi connectivity index (χ1n) is 5.54. The van der Waals surface area contributed by atoms with Gasteiger partial charge in [0.1, 0.15) is 5.69 Å². The molecule has 1 atom stereocenters. The molecule has 0 radical (unpaired) electrons. The van der Waals surface area contributed by atoms with Gasteiger partial charge in [-0.3, -0.25) is 4.79 Å². The third-order valence-electron chi connectivity index (χ3n) is 3.13. The number of carbonyl (C=O) groups is 1. The molecule has 16 heavy (non-hydrogen) atoms. The van der Waals surface area contributed by atoms with Gasteiger partial charge >= 0.3 is 0 Å². The molecule has 0 saturated carbocycles. The summed E-state index contributed by atoms with van der Waals surface area (Å²) in [5.74, 6) is 1.32. The summed E-state index contributed by atoms with van der Waals surface area (Å²) in [6.45, 7) is 1.67. The smallest absolute Gasteiger partial charge is 0.272 e.